The van der Waals surface area contributed by atoms with E-state index < -0.39 is 0 Å². The maximum Gasteiger partial charge on any atom is 0.253 e. The van der Waals surface area contributed by atoms with Crippen LogP contribution < -0.4 is 0 Å². The first-order valence-electron chi connectivity index (χ1n) is 5.39. The highest BCUT2D eigenvalue weighted by Gasteiger charge is 2.22. The van der Waals surface area contributed by atoms with E-state index in [9.17, 15) is 4.79 Å². The van der Waals surface area contributed by atoms with Gasteiger partial charge in [-0.25, -0.2) is 0 Å². The number of aromatic hydroxyl groups is 1. The van der Waals surface area contributed by atoms with Crippen molar-refractivity contribution in [1.82, 2.24) is 4.90 Å². The molecule has 1 aliphatic rings. The molecule has 1 aromatic carbocycles. The summed E-state index contributed by atoms with van der Waals surface area (Å²) < 4.78 is 0. The SMILES string of the molecule is O=C(c1ccc(O)cc1)N1CCCC(Br)C1. The Balaban J connectivity index is 2.09. The Morgan fingerprint density at radius 3 is 2.69 bits per heavy atom. The van der Waals surface area contributed by atoms with Crippen LogP contribution in [0.3, 0.4) is 0 Å². The van der Waals surface area contributed by atoms with Gasteiger partial charge in [-0.05, 0) is 37.1 Å². The number of rotatable bonds is 1. The monoisotopic (exact) mass is 283 g/mol. The average Bonchev–Trinajstić information content (AvgIpc) is 2.29. The van der Waals surface area contributed by atoms with Gasteiger partial charge >= 0.3 is 0 Å². The van der Waals surface area contributed by atoms with Crippen molar-refractivity contribution in [1.29, 1.82) is 0 Å². The van der Waals surface area contributed by atoms with Gasteiger partial charge in [-0.15, -0.1) is 0 Å². The van der Waals surface area contributed by atoms with Gasteiger partial charge in [0.15, 0.2) is 0 Å². The van der Waals surface area contributed by atoms with Crippen LogP contribution in [0.4, 0.5) is 0 Å². The topological polar surface area (TPSA) is 40.5 Å². The summed E-state index contributed by atoms with van der Waals surface area (Å²) in [6, 6.07) is 6.41. The summed E-state index contributed by atoms with van der Waals surface area (Å²) in [7, 11) is 0. The molecule has 1 heterocycles. The Hall–Kier alpha value is -1.03. The molecule has 0 aliphatic carbocycles. The van der Waals surface area contributed by atoms with Crippen LogP contribution in [0.2, 0.25) is 0 Å². The Labute approximate surface area is 103 Å². The number of amides is 1. The fourth-order valence-electron chi connectivity index (χ4n) is 1.90. The minimum absolute atomic E-state index is 0.0455. The summed E-state index contributed by atoms with van der Waals surface area (Å²) in [5.74, 6) is 0.234. The summed E-state index contributed by atoms with van der Waals surface area (Å²) >= 11 is 3.55. The van der Waals surface area contributed by atoms with Crippen LogP contribution in [-0.2, 0) is 0 Å². The van der Waals surface area contributed by atoms with E-state index in [4.69, 9.17) is 5.11 Å². The number of carbonyl (C=O) groups excluding carboxylic acids is 1. The van der Waals surface area contributed by atoms with Gasteiger partial charge in [0, 0.05) is 23.5 Å². The fourth-order valence-corrected chi connectivity index (χ4v) is 2.57. The van der Waals surface area contributed by atoms with E-state index in [1.165, 1.54) is 0 Å². The molecule has 1 fully saturated rings. The van der Waals surface area contributed by atoms with E-state index >= 15 is 0 Å². The number of likely N-dealkylation sites (tertiary alicyclic amines) is 1. The largest absolute Gasteiger partial charge is 0.508 e. The lowest BCUT2D eigenvalue weighted by atomic mass is 10.1. The van der Waals surface area contributed by atoms with Crippen LogP contribution in [0.25, 0.3) is 0 Å². The number of carbonyl (C=O) groups is 1. The molecule has 1 aromatic rings. The number of nitrogens with zero attached hydrogens (tertiary/aromatic N) is 1. The second-order valence-corrected chi connectivity index (χ2v) is 5.33. The molecule has 0 spiro atoms. The maximum atomic E-state index is 12.1. The van der Waals surface area contributed by atoms with E-state index in [1.807, 2.05) is 4.90 Å². The van der Waals surface area contributed by atoms with Crippen molar-refractivity contribution in [3.63, 3.8) is 0 Å². The summed E-state index contributed by atoms with van der Waals surface area (Å²) in [5.41, 5.74) is 0.638. The third kappa shape index (κ3) is 2.55. The highest BCUT2D eigenvalue weighted by Crippen LogP contribution is 2.19. The molecular formula is C12H14BrNO2. The van der Waals surface area contributed by atoms with Gasteiger partial charge in [0.05, 0.1) is 0 Å². The van der Waals surface area contributed by atoms with Gasteiger partial charge in [0.1, 0.15) is 5.75 Å². The number of phenols is 1. The summed E-state index contributed by atoms with van der Waals surface area (Å²) in [6.45, 7) is 1.58. The molecule has 86 valence electrons. The molecule has 0 saturated carbocycles. The molecule has 1 saturated heterocycles. The highest BCUT2D eigenvalue weighted by molar-refractivity contribution is 9.09. The van der Waals surface area contributed by atoms with Gasteiger partial charge in [-0.2, -0.15) is 0 Å². The number of piperidine rings is 1. The van der Waals surface area contributed by atoms with Crippen molar-refractivity contribution in [3.8, 4) is 5.75 Å². The molecule has 16 heavy (non-hydrogen) atoms. The zero-order valence-electron chi connectivity index (χ0n) is 8.90. The second-order valence-electron chi connectivity index (χ2n) is 4.04. The number of hydrogen-bond donors (Lipinski definition) is 1. The van der Waals surface area contributed by atoms with E-state index in [0.717, 1.165) is 25.9 Å². The Morgan fingerprint density at radius 2 is 2.06 bits per heavy atom. The third-order valence-electron chi connectivity index (χ3n) is 2.77. The number of hydrogen-bond acceptors (Lipinski definition) is 2. The van der Waals surface area contributed by atoms with E-state index in [2.05, 4.69) is 15.9 Å². The van der Waals surface area contributed by atoms with Crippen LogP contribution in [0.1, 0.15) is 23.2 Å². The molecular weight excluding hydrogens is 270 g/mol. The van der Waals surface area contributed by atoms with E-state index in [0.29, 0.717) is 10.4 Å². The van der Waals surface area contributed by atoms with Crippen molar-refractivity contribution < 1.29 is 9.90 Å². The predicted octanol–water partition coefficient (Wildman–Crippen LogP) is 2.39. The molecule has 1 unspecified atom stereocenters. The first-order chi connectivity index (χ1) is 7.66. The first-order valence-corrected chi connectivity index (χ1v) is 6.31. The molecule has 0 bridgehead atoms. The third-order valence-corrected chi connectivity index (χ3v) is 3.51. The zero-order chi connectivity index (χ0) is 11.5. The van der Waals surface area contributed by atoms with E-state index in [1.54, 1.807) is 24.3 Å². The summed E-state index contributed by atoms with van der Waals surface area (Å²) in [4.78, 5) is 14.3. The van der Waals surface area contributed by atoms with Crippen molar-refractivity contribution >= 4 is 21.8 Å². The predicted molar refractivity (Wildman–Crippen MR) is 66.0 cm³/mol. The number of benzene rings is 1. The number of halogens is 1. The van der Waals surface area contributed by atoms with Gasteiger partial charge in [0.2, 0.25) is 0 Å². The minimum Gasteiger partial charge on any atom is -0.508 e. The lowest BCUT2D eigenvalue weighted by molar-refractivity contribution is 0.0730. The van der Waals surface area contributed by atoms with Crippen molar-refractivity contribution in [3.05, 3.63) is 29.8 Å². The smallest absolute Gasteiger partial charge is 0.253 e. The molecule has 1 aliphatic heterocycles. The molecule has 4 heteroatoms. The molecule has 2 rings (SSSR count). The van der Waals surface area contributed by atoms with Crippen LogP contribution >= 0.6 is 15.9 Å². The molecule has 1 amide bonds. The van der Waals surface area contributed by atoms with Gasteiger partial charge in [-0.1, -0.05) is 15.9 Å². The normalized spacial score (nSPS) is 20.8. The lowest BCUT2D eigenvalue weighted by Crippen LogP contribution is -2.40. The second kappa shape index (κ2) is 4.87. The molecule has 1 atom stereocenters. The number of alkyl halides is 1. The Bertz CT molecular complexity index is 377. The molecule has 3 nitrogen and oxygen atoms in total. The molecule has 1 N–H and O–H groups in total. The van der Waals surface area contributed by atoms with Crippen molar-refractivity contribution in [2.75, 3.05) is 13.1 Å². The lowest BCUT2D eigenvalue weighted by Gasteiger charge is -2.30. The van der Waals surface area contributed by atoms with Crippen LogP contribution in [0, 0.1) is 0 Å². The molecule has 0 aromatic heterocycles. The van der Waals surface area contributed by atoms with Gasteiger partial charge in [0.25, 0.3) is 5.91 Å². The van der Waals surface area contributed by atoms with Crippen LogP contribution in [0.15, 0.2) is 24.3 Å². The first kappa shape index (κ1) is 11.5. The molecule has 0 radical (unpaired) electrons. The summed E-state index contributed by atoms with van der Waals surface area (Å²) in [5, 5.41) is 9.16. The van der Waals surface area contributed by atoms with Gasteiger partial charge < -0.3 is 10.0 Å². The maximum absolute atomic E-state index is 12.1. The van der Waals surface area contributed by atoms with Crippen LogP contribution in [0.5, 0.6) is 5.75 Å². The fraction of sp³-hybridized carbons (Fsp3) is 0.417. The zero-order valence-corrected chi connectivity index (χ0v) is 10.5. The number of phenolic OH excluding ortho intramolecular Hbond substituents is 1. The quantitative estimate of drug-likeness (QED) is 0.804. The van der Waals surface area contributed by atoms with Crippen LogP contribution in [-0.4, -0.2) is 33.8 Å². The highest BCUT2D eigenvalue weighted by atomic mass is 79.9. The van der Waals surface area contributed by atoms with E-state index in [-0.39, 0.29) is 11.7 Å². The average molecular weight is 284 g/mol. The Kier molecular flexibility index (Phi) is 3.49. The van der Waals surface area contributed by atoms with Crippen molar-refractivity contribution in [2.24, 2.45) is 0 Å². The minimum atomic E-state index is 0.0455. The Morgan fingerprint density at radius 1 is 1.38 bits per heavy atom. The standard InChI is InChI=1S/C12H14BrNO2/c13-10-2-1-7-14(8-10)12(16)9-3-5-11(15)6-4-9/h3-6,10,15H,1-2,7-8H2. The van der Waals surface area contributed by atoms with Crippen molar-refractivity contribution in [2.45, 2.75) is 17.7 Å². The summed E-state index contributed by atoms with van der Waals surface area (Å²) in [6.07, 6.45) is 2.17. The van der Waals surface area contributed by atoms with Gasteiger partial charge in [-0.3, -0.25) is 4.79 Å².